The standard InChI is InChI=1S/C17H27N3O/c1-2-3-14-8-11-20(12-9-14)13-10-17(21)19-16-6-4-15(18)5-7-16/h4-7,14H,2-3,8-13,18H2,1H3,(H,19,21). The van der Waals surface area contributed by atoms with Crippen molar-refractivity contribution in [1.29, 1.82) is 0 Å². The zero-order chi connectivity index (χ0) is 15.1. The fraction of sp³-hybridized carbons (Fsp3) is 0.588. The average molecular weight is 289 g/mol. The molecule has 0 bridgehead atoms. The van der Waals surface area contributed by atoms with E-state index in [-0.39, 0.29) is 5.91 Å². The molecule has 0 spiro atoms. The first-order valence-electron chi connectivity index (χ1n) is 8.05. The molecule has 4 heteroatoms. The molecule has 1 fully saturated rings. The normalized spacial score (nSPS) is 16.8. The molecular weight excluding hydrogens is 262 g/mol. The molecule has 1 aliphatic rings. The van der Waals surface area contributed by atoms with Crippen LogP contribution in [0.25, 0.3) is 0 Å². The van der Waals surface area contributed by atoms with Crippen LogP contribution in [0.2, 0.25) is 0 Å². The number of benzene rings is 1. The highest BCUT2D eigenvalue weighted by Crippen LogP contribution is 2.21. The van der Waals surface area contributed by atoms with E-state index in [9.17, 15) is 4.79 Å². The van der Waals surface area contributed by atoms with E-state index in [4.69, 9.17) is 5.73 Å². The highest BCUT2D eigenvalue weighted by Gasteiger charge is 2.18. The molecule has 21 heavy (non-hydrogen) atoms. The van der Waals surface area contributed by atoms with E-state index in [0.717, 1.165) is 31.2 Å². The van der Waals surface area contributed by atoms with Gasteiger partial charge in [-0.1, -0.05) is 19.8 Å². The molecule has 1 heterocycles. The van der Waals surface area contributed by atoms with Gasteiger partial charge in [-0.25, -0.2) is 0 Å². The lowest BCUT2D eigenvalue weighted by Crippen LogP contribution is -2.35. The van der Waals surface area contributed by atoms with E-state index in [1.54, 1.807) is 12.1 Å². The van der Waals surface area contributed by atoms with Crippen LogP contribution in [-0.2, 0) is 4.79 Å². The number of nitrogens with one attached hydrogen (secondary N) is 1. The van der Waals surface area contributed by atoms with E-state index in [2.05, 4.69) is 17.1 Å². The second-order valence-corrected chi connectivity index (χ2v) is 5.99. The van der Waals surface area contributed by atoms with Crippen LogP contribution in [0.3, 0.4) is 0 Å². The summed E-state index contributed by atoms with van der Waals surface area (Å²) in [7, 11) is 0. The maximum absolute atomic E-state index is 11.9. The Morgan fingerprint density at radius 2 is 1.95 bits per heavy atom. The SMILES string of the molecule is CCCC1CCN(CCC(=O)Nc2ccc(N)cc2)CC1. The Kier molecular flexibility index (Phi) is 6.05. The summed E-state index contributed by atoms with van der Waals surface area (Å²) < 4.78 is 0. The second-order valence-electron chi connectivity index (χ2n) is 5.99. The molecule has 1 aliphatic heterocycles. The summed E-state index contributed by atoms with van der Waals surface area (Å²) in [5.74, 6) is 0.977. The van der Waals surface area contributed by atoms with Gasteiger partial charge in [0.1, 0.15) is 0 Å². The molecule has 0 atom stereocenters. The maximum atomic E-state index is 11.9. The third kappa shape index (κ3) is 5.38. The van der Waals surface area contributed by atoms with Gasteiger partial charge in [0, 0.05) is 24.3 Å². The van der Waals surface area contributed by atoms with Gasteiger partial charge in [0.05, 0.1) is 0 Å². The molecule has 1 saturated heterocycles. The van der Waals surface area contributed by atoms with Gasteiger partial charge in [0.15, 0.2) is 0 Å². The quantitative estimate of drug-likeness (QED) is 0.791. The lowest BCUT2D eigenvalue weighted by Gasteiger charge is -2.31. The first-order chi connectivity index (χ1) is 10.2. The van der Waals surface area contributed by atoms with Crippen molar-refractivity contribution < 1.29 is 4.79 Å². The lowest BCUT2D eigenvalue weighted by atomic mass is 9.92. The molecule has 3 N–H and O–H groups in total. The Labute approximate surface area is 127 Å². The van der Waals surface area contributed by atoms with Crippen LogP contribution in [0, 0.1) is 5.92 Å². The van der Waals surface area contributed by atoms with Gasteiger partial charge < -0.3 is 16.0 Å². The number of rotatable bonds is 6. The lowest BCUT2D eigenvalue weighted by molar-refractivity contribution is -0.116. The molecule has 0 unspecified atom stereocenters. The number of carbonyl (C=O) groups excluding carboxylic acids is 1. The Morgan fingerprint density at radius 3 is 2.57 bits per heavy atom. The van der Waals surface area contributed by atoms with Crippen molar-refractivity contribution in [2.75, 3.05) is 30.7 Å². The molecule has 0 aromatic heterocycles. The third-order valence-corrected chi connectivity index (χ3v) is 4.25. The van der Waals surface area contributed by atoms with E-state index in [1.807, 2.05) is 12.1 Å². The predicted octanol–water partition coefficient (Wildman–Crippen LogP) is 3.11. The largest absolute Gasteiger partial charge is 0.399 e. The van der Waals surface area contributed by atoms with Gasteiger partial charge in [-0.2, -0.15) is 0 Å². The topological polar surface area (TPSA) is 58.4 Å². The van der Waals surface area contributed by atoms with Crippen molar-refractivity contribution in [3.8, 4) is 0 Å². The third-order valence-electron chi connectivity index (χ3n) is 4.25. The van der Waals surface area contributed by atoms with Crippen LogP contribution < -0.4 is 11.1 Å². The summed E-state index contributed by atoms with van der Waals surface area (Å²) in [6.07, 6.45) is 5.77. The number of anilines is 2. The summed E-state index contributed by atoms with van der Waals surface area (Å²) >= 11 is 0. The van der Waals surface area contributed by atoms with E-state index >= 15 is 0 Å². The molecule has 1 aromatic carbocycles. The fourth-order valence-corrected chi connectivity index (χ4v) is 2.96. The minimum atomic E-state index is 0.0791. The number of piperidine rings is 1. The van der Waals surface area contributed by atoms with Crippen LogP contribution in [0.4, 0.5) is 11.4 Å². The van der Waals surface area contributed by atoms with Crippen LogP contribution >= 0.6 is 0 Å². The first-order valence-corrected chi connectivity index (χ1v) is 8.05. The average Bonchev–Trinajstić information content (AvgIpc) is 2.49. The second kappa shape index (κ2) is 8.03. The number of nitrogen functional groups attached to an aromatic ring is 1. The number of likely N-dealkylation sites (tertiary alicyclic amines) is 1. The van der Waals surface area contributed by atoms with Crippen LogP contribution in [0.5, 0.6) is 0 Å². The Balaban J connectivity index is 1.66. The number of amides is 1. The Morgan fingerprint density at radius 1 is 1.29 bits per heavy atom. The summed E-state index contributed by atoms with van der Waals surface area (Å²) in [5, 5.41) is 2.92. The highest BCUT2D eigenvalue weighted by atomic mass is 16.1. The first kappa shape index (κ1) is 15.8. The highest BCUT2D eigenvalue weighted by molar-refractivity contribution is 5.90. The summed E-state index contributed by atoms with van der Waals surface area (Å²) in [6.45, 7) is 5.40. The molecule has 2 rings (SSSR count). The smallest absolute Gasteiger partial charge is 0.225 e. The van der Waals surface area contributed by atoms with E-state index in [1.165, 1.54) is 25.7 Å². The van der Waals surface area contributed by atoms with Crippen molar-refractivity contribution in [2.45, 2.75) is 39.0 Å². The number of nitrogens with two attached hydrogens (primary N) is 1. The van der Waals surface area contributed by atoms with Gasteiger partial charge in [-0.05, 0) is 56.1 Å². The molecule has 116 valence electrons. The summed E-state index contributed by atoms with van der Waals surface area (Å²) in [5.41, 5.74) is 7.15. The summed E-state index contributed by atoms with van der Waals surface area (Å²) in [6, 6.07) is 7.27. The molecular formula is C17H27N3O. The zero-order valence-corrected chi connectivity index (χ0v) is 13.0. The fourth-order valence-electron chi connectivity index (χ4n) is 2.96. The van der Waals surface area contributed by atoms with Crippen molar-refractivity contribution >= 4 is 17.3 Å². The van der Waals surface area contributed by atoms with Gasteiger partial charge >= 0.3 is 0 Å². The molecule has 4 nitrogen and oxygen atoms in total. The van der Waals surface area contributed by atoms with Crippen LogP contribution in [-0.4, -0.2) is 30.4 Å². The molecule has 1 amide bonds. The van der Waals surface area contributed by atoms with E-state index < -0.39 is 0 Å². The van der Waals surface area contributed by atoms with Crippen molar-refractivity contribution in [2.24, 2.45) is 5.92 Å². The maximum Gasteiger partial charge on any atom is 0.225 e. The predicted molar refractivity (Wildman–Crippen MR) is 88.2 cm³/mol. The minimum Gasteiger partial charge on any atom is -0.399 e. The van der Waals surface area contributed by atoms with Gasteiger partial charge in [0.25, 0.3) is 0 Å². The van der Waals surface area contributed by atoms with Crippen LogP contribution in [0.15, 0.2) is 24.3 Å². The number of hydrogen-bond acceptors (Lipinski definition) is 3. The van der Waals surface area contributed by atoms with Crippen molar-refractivity contribution in [1.82, 2.24) is 4.90 Å². The van der Waals surface area contributed by atoms with Gasteiger partial charge in [-0.3, -0.25) is 4.79 Å². The Bertz CT molecular complexity index is 436. The number of carbonyl (C=O) groups is 1. The molecule has 0 aliphatic carbocycles. The van der Waals surface area contributed by atoms with Crippen molar-refractivity contribution in [3.63, 3.8) is 0 Å². The Hall–Kier alpha value is -1.55. The van der Waals surface area contributed by atoms with Crippen molar-refractivity contribution in [3.05, 3.63) is 24.3 Å². The molecule has 0 radical (unpaired) electrons. The molecule has 1 aromatic rings. The number of nitrogens with zero attached hydrogens (tertiary/aromatic N) is 1. The van der Waals surface area contributed by atoms with Crippen LogP contribution in [0.1, 0.15) is 39.0 Å². The minimum absolute atomic E-state index is 0.0791. The molecule has 0 saturated carbocycles. The van der Waals surface area contributed by atoms with Gasteiger partial charge in [0.2, 0.25) is 5.91 Å². The number of hydrogen-bond donors (Lipinski definition) is 2. The summed E-state index contributed by atoms with van der Waals surface area (Å²) in [4.78, 5) is 14.3. The monoisotopic (exact) mass is 289 g/mol. The zero-order valence-electron chi connectivity index (χ0n) is 13.0. The van der Waals surface area contributed by atoms with Gasteiger partial charge in [-0.15, -0.1) is 0 Å². The van der Waals surface area contributed by atoms with E-state index in [0.29, 0.717) is 12.1 Å².